The van der Waals surface area contributed by atoms with Crippen LogP contribution in [0, 0.1) is 5.92 Å². The molecule has 86 valence electrons. The summed E-state index contributed by atoms with van der Waals surface area (Å²) in [6.45, 7) is 4.33. The van der Waals surface area contributed by atoms with Crippen LogP contribution in [-0.4, -0.2) is 11.6 Å². The van der Waals surface area contributed by atoms with E-state index in [1.165, 1.54) is 18.6 Å². The number of hydrogen-bond acceptors (Lipinski definition) is 2. The number of hydrogen-bond donors (Lipinski definition) is 1. The van der Waals surface area contributed by atoms with Gasteiger partial charge in [-0.3, -0.25) is 4.79 Å². The lowest BCUT2D eigenvalue weighted by molar-refractivity contribution is -0.121. The molecule has 1 aliphatic carbocycles. The Balaban J connectivity index is 2.26. The largest absolute Gasteiger partial charge is 0.273 e. The van der Waals surface area contributed by atoms with E-state index in [-0.39, 0.29) is 5.91 Å². The molecule has 0 aromatic heterocycles. The van der Waals surface area contributed by atoms with Crippen molar-refractivity contribution in [3.63, 3.8) is 0 Å². The quantitative estimate of drug-likeness (QED) is 0.712. The Kier molecular flexibility index (Phi) is 5.37. The first-order valence-electron chi connectivity index (χ1n) is 6.06. The lowest BCUT2D eigenvalue weighted by Crippen LogP contribution is -2.21. The molecule has 1 atom stereocenters. The fraction of sp³-hybridized carbons (Fsp3) is 0.833. The van der Waals surface area contributed by atoms with Crippen molar-refractivity contribution in [2.45, 2.75) is 58.8 Å². The molecule has 3 heteroatoms. The molecule has 1 unspecified atom stereocenters. The number of amides is 1. The van der Waals surface area contributed by atoms with Crippen molar-refractivity contribution in [1.82, 2.24) is 5.43 Å². The van der Waals surface area contributed by atoms with Crippen LogP contribution in [0.4, 0.5) is 0 Å². The summed E-state index contributed by atoms with van der Waals surface area (Å²) in [4.78, 5) is 11.3. The molecule has 0 radical (unpaired) electrons. The predicted octanol–water partition coefficient (Wildman–Crippen LogP) is 2.86. The molecule has 0 heterocycles. The van der Waals surface area contributed by atoms with Gasteiger partial charge in [-0.2, -0.15) is 5.10 Å². The zero-order valence-corrected chi connectivity index (χ0v) is 9.88. The van der Waals surface area contributed by atoms with E-state index < -0.39 is 0 Å². The molecule has 1 N–H and O–H groups in total. The van der Waals surface area contributed by atoms with Crippen LogP contribution in [-0.2, 0) is 4.79 Å². The highest BCUT2D eigenvalue weighted by atomic mass is 16.2. The van der Waals surface area contributed by atoms with Gasteiger partial charge in [0.05, 0.1) is 0 Å². The Morgan fingerprint density at radius 1 is 1.60 bits per heavy atom. The first-order chi connectivity index (χ1) is 7.22. The maximum Gasteiger partial charge on any atom is 0.240 e. The summed E-state index contributed by atoms with van der Waals surface area (Å²) in [5, 5.41) is 4.20. The molecular formula is C12H22N2O. The molecule has 15 heavy (non-hydrogen) atoms. The third-order valence-corrected chi connectivity index (χ3v) is 2.84. The van der Waals surface area contributed by atoms with Crippen LogP contribution in [0.25, 0.3) is 0 Å². The summed E-state index contributed by atoms with van der Waals surface area (Å²) in [5.74, 6) is 0.785. The van der Waals surface area contributed by atoms with Crippen molar-refractivity contribution < 1.29 is 4.79 Å². The van der Waals surface area contributed by atoms with E-state index in [2.05, 4.69) is 24.4 Å². The Morgan fingerprint density at radius 3 is 3.07 bits per heavy atom. The maximum absolute atomic E-state index is 11.3. The normalized spacial score (nSPS) is 24.1. The summed E-state index contributed by atoms with van der Waals surface area (Å²) < 4.78 is 0. The Hall–Kier alpha value is -0.860. The zero-order valence-electron chi connectivity index (χ0n) is 9.88. The van der Waals surface area contributed by atoms with Gasteiger partial charge in [0.1, 0.15) is 0 Å². The van der Waals surface area contributed by atoms with Crippen LogP contribution < -0.4 is 5.43 Å². The Labute approximate surface area is 92.3 Å². The van der Waals surface area contributed by atoms with Gasteiger partial charge in [-0.15, -0.1) is 0 Å². The van der Waals surface area contributed by atoms with Crippen molar-refractivity contribution in [1.29, 1.82) is 0 Å². The van der Waals surface area contributed by atoms with E-state index in [0.717, 1.165) is 31.6 Å². The van der Waals surface area contributed by atoms with Crippen LogP contribution >= 0.6 is 0 Å². The van der Waals surface area contributed by atoms with Gasteiger partial charge in [0.2, 0.25) is 5.91 Å². The average Bonchev–Trinajstić information content (AvgIpc) is 2.23. The van der Waals surface area contributed by atoms with Crippen LogP contribution in [0.5, 0.6) is 0 Å². The van der Waals surface area contributed by atoms with E-state index in [9.17, 15) is 4.79 Å². The highest BCUT2D eigenvalue weighted by Crippen LogP contribution is 2.20. The van der Waals surface area contributed by atoms with Gasteiger partial charge in [0.25, 0.3) is 0 Å². The summed E-state index contributed by atoms with van der Waals surface area (Å²) >= 11 is 0. The predicted molar refractivity (Wildman–Crippen MR) is 62.7 cm³/mol. The molecule has 1 fully saturated rings. The number of nitrogens with zero attached hydrogens (tertiary/aromatic N) is 1. The third kappa shape index (κ3) is 4.96. The minimum absolute atomic E-state index is 0.0579. The second kappa shape index (κ2) is 6.59. The van der Waals surface area contributed by atoms with Crippen molar-refractivity contribution in [3.05, 3.63) is 0 Å². The second-order valence-corrected chi connectivity index (χ2v) is 4.52. The molecular weight excluding hydrogens is 188 g/mol. The van der Waals surface area contributed by atoms with Gasteiger partial charge < -0.3 is 0 Å². The molecule has 0 aromatic carbocycles. The number of rotatable bonds is 4. The highest BCUT2D eigenvalue weighted by molar-refractivity contribution is 5.87. The van der Waals surface area contributed by atoms with Gasteiger partial charge in [-0.1, -0.05) is 20.3 Å². The average molecular weight is 210 g/mol. The lowest BCUT2D eigenvalue weighted by Gasteiger charge is -2.18. The summed E-state index contributed by atoms with van der Waals surface area (Å²) in [7, 11) is 0. The fourth-order valence-corrected chi connectivity index (χ4v) is 1.90. The van der Waals surface area contributed by atoms with Crippen LogP contribution in [0.3, 0.4) is 0 Å². The summed E-state index contributed by atoms with van der Waals surface area (Å²) in [5.41, 5.74) is 3.82. The van der Waals surface area contributed by atoms with Crippen molar-refractivity contribution in [3.8, 4) is 0 Å². The summed E-state index contributed by atoms with van der Waals surface area (Å²) in [6, 6.07) is 0. The Bertz CT molecular complexity index is 236. The maximum atomic E-state index is 11.3. The minimum Gasteiger partial charge on any atom is -0.273 e. The van der Waals surface area contributed by atoms with Gasteiger partial charge in [0.15, 0.2) is 0 Å². The zero-order chi connectivity index (χ0) is 11.1. The first kappa shape index (κ1) is 12.2. The lowest BCUT2D eigenvalue weighted by atomic mass is 9.89. The molecule has 0 spiro atoms. The number of carbonyl (C=O) groups is 1. The van der Waals surface area contributed by atoms with Crippen molar-refractivity contribution in [2.75, 3.05) is 0 Å². The third-order valence-electron chi connectivity index (χ3n) is 2.84. The van der Waals surface area contributed by atoms with E-state index in [4.69, 9.17) is 0 Å². The van der Waals surface area contributed by atoms with Crippen LogP contribution in [0.2, 0.25) is 0 Å². The van der Waals surface area contributed by atoms with E-state index >= 15 is 0 Å². The van der Waals surface area contributed by atoms with E-state index in [1.54, 1.807) is 0 Å². The molecule has 1 saturated carbocycles. The van der Waals surface area contributed by atoms with E-state index in [1.807, 2.05) is 0 Å². The molecule has 1 rings (SSSR count). The number of unbranched alkanes of at least 4 members (excludes halogenated alkanes) is 1. The van der Waals surface area contributed by atoms with Crippen LogP contribution in [0.15, 0.2) is 5.10 Å². The molecule has 0 saturated heterocycles. The first-order valence-corrected chi connectivity index (χ1v) is 6.06. The molecule has 1 amide bonds. The molecule has 0 aromatic rings. The molecule has 1 aliphatic rings. The highest BCUT2D eigenvalue weighted by Gasteiger charge is 2.14. The molecule has 3 nitrogen and oxygen atoms in total. The second-order valence-electron chi connectivity index (χ2n) is 4.52. The van der Waals surface area contributed by atoms with Crippen molar-refractivity contribution in [2.24, 2.45) is 11.0 Å². The van der Waals surface area contributed by atoms with Gasteiger partial charge in [-0.25, -0.2) is 5.43 Å². The molecule has 0 bridgehead atoms. The minimum atomic E-state index is 0.0579. The molecule has 0 aliphatic heterocycles. The topological polar surface area (TPSA) is 41.5 Å². The van der Waals surface area contributed by atoms with Crippen LogP contribution in [0.1, 0.15) is 58.8 Å². The van der Waals surface area contributed by atoms with Gasteiger partial charge in [-0.05, 0) is 38.0 Å². The number of nitrogens with one attached hydrogen (secondary N) is 1. The Morgan fingerprint density at radius 2 is 2.40 bits per heavy atom. The summed E-state index contributed by atoms with van der Waals surface area (Å²) in [6.07, 6.45) is 7.22. The monoisotopic (exact) mass is 210 g/mol. The SMILES string of the molecule is CCCCC(=O)N/N=C1\CCCC(C)C1. The number of carbonyl (C=O) groups excluding carboxylic acids is 1. The van der Waals surface area contributed by atoms with Gasteiger partial charge >= 0.3 is 0 Å². The fourth-order valence-electron chi connectivity index (χ4n) is 1.90. The number of hydrazone groups is 1. The van der Waals surface area contributed by atoms with Gasteiger partial charge in [0, 0.05) is 12.1 Å². The van der Waals surface area contributed by atoms with Crippen molar-refractivity contribution >= 4 is 11.6 Å². The van der Waals surface area contributed by atoms with E-state index in [0.29, 0.717) is 6.42 Å². The smallest absolute Gasteiger partial charge is 0.240 e. The standard InChI is InChI=1S/C12H22N2O/c1-3-4-8-12(15)14-13-11-7-5-6-10(2)9-11/h10H,3-9H2,1-2H3,(H,14,15)/b13-11+.